The molecule has 31 heavy (non-hydrogen) atoms. The molecule has 1 aliphatic rings. The lowest BCUT2D eigenvalue weighted by molar-refractivity contribution is 0.646. The molecule has 6 aromatic carbocycles. The summed E-state index contributed by atoms with van der Waals surface area (Å²) < 4.78 is 0. The van der Waals surface area contributed by atoms with E-state index in [-0.39, 0.29) is 5.41 Å². The minimum atomic E-state index is -0.0601. The Kier molecular flexibility index (Phi) is 3.16. The molecule has 0 nitrogen and oxygen atoms in total. The molecule has 0 heteroatoms. The molecular formula is C31H22. The second kappa shape index (κ2) is 5.74. The summed E-state index contributed by atoms with van der Waals surface area (Å²) in [5.74, 6) is 0. The van der Waals surface area contributed by atoms with Crippen molar-refractivity contribution in [3.05, 3.63) is 108 Å². The summed E-state index contributed by atoms with van der Waals surface area (Å²) in [5.41, 5.74) is 5.54. The topological polar surface area (TPSA) is 0 Å². The Morgan fingerprint density at radius 1 is 0.452 bits per heavy atom. The van der Waals surface area contributed by atoms with Crippen LogP contribution >= 0.6 is 0 Å². The molecule has 0 unspecified atom stereocenters. The van der Waals surface area contributed by atoms with Crippen molar-refractivity contribution < 1.29 is 0 Å². The maximum absolute atomic E-state index is 2.46. The van der Waals surface area contributed by atoms with Gasteiger partial charge in [-0.25, -0.2) is 0 Å². The largest absolute Gasteiger partial charge is 0.0616 e. The van der Waals surface area contributed by atoms with E-state index in [0.717, 1.165) is 0 Å². The van der Waals surface area contributed by atoms with E-state index in [1.807, 2.05) is 0 Å². The van der Waals surface area contributed by atoms with Crippen LogP contribution in [-0.4, -0.2) is 0 Å². The van der Waals surface area contributed by atoms with Gasteiger partial charge in [-0.1, -0.05) is 92.7 Å². The zero-order chi connectivity index (χ0) is 20.7. The van der Waals surface area contributed by atoms with Gasteiger partial charge in [0.05, 0.1) is 0 Å². The van der Waals surface area contributed by atoms with Gasteiger partial charge in [0.2, 0.25) is 0 Å². The fourth-order valence-corrected chi connectivity index (χ4v) is 5.84. The molecule has 1 aliphatic carbocycles. The summed E-state index contributed by atoms with van der Waals surface area (Å²) in [7, 11) is 0. The predicted molar refractivity (Wildman–Crippen MR) is 134 cm³/mol. The first-order valence-corrected chi connectivity index (χ1v) is 11.0. The third-order valence-electron chi connectivity index (χ3n) is 7.40. The SMILES string of the molecule is CC1(C)c2cc3c(ccc4ccccc43)cc2-c2cc3ccccc3c3cccc1c23. The zero-order valence-electron chi connectivity index (χ0n) is 17.7. The van der Waals surface area contributed by atoms with Crippen molar-refractivity contribution in [1.29, 1.82) is 0 Å². The molecule has 0 atom stereocenters. The first-order chi connectivity index (χ1) is 15.1. The maximum atomic E-state index is 2.46. The first kappa shape index (κ1) is 17.1. The molecule has 7 rings (SSSR count). The molecule has 146 valence electrons. The Labute approximate surface area is 181 Å². The minimum Gasteiger partial charge on any atom is -0.0616 e. The molecule has 0 N–H and O–H groups in total. The number of hydrogen-bond donors (Lipinski definition) is 0. The van der Waals surface area contributed by atoms with E-state index < -0.39 is 0 Å². The Hall–Kier alpha value is -3.64. The Balaban J connectivity index is 1.70. The van der Waals surface area contributed by atoms with Gasteiger partial charge < -0.3 is 0 Å². The molecule has 0 saturated heterocycles. The smallest absolute Gasteiger partial charge is 0.0159 e. The lowest BCUT2D eigenvalue weighted by Gasteiger charge is -2.36. The van der Waals surface area contributed by atoms with Gasteiger partial charge >= 0.3 is 0 Å². The highest BCUT2D eigenvalue weighted by atomic mass is 14.4. The fraction of sp³-hybridized carbons (Fsp3) is 0.0968. The van der Waals surface area contributed by atoms with Gasteiger partial charge in [-0.2, -0.15) is 0 Å². The van der Waals surface area contributed by atoms with Crippen molar-refractivity contribution >= 4 is 43.1 Å². The fourth-order valence-electron chi connectivity index (χ4n) is 5.84. The quantitative estimate of drug-likeness (QED) is 0.226. The van der Waals surface area contributed by atoms with E-state index in [2.05, 4.69) is 111 Å². The van der Waals surface area contributed by atoms with Crippen LogP contribution in [0.3, 0.4) is 0 Å². The molecule has 6 aromatic rings. The van der Waals surface area contributed by atoms with Gasteiger partial charge in [-0.15, -0.1) is 0 Å². The molecule has 0 amide bonds. The molecule has 0 spiro atoms. The van der Waals surface area contributed by atoms with Gasteiger partial charge in [0.15, 0.2) is 0 Å². The van der Waals surface area contributed by atoms with Crippen molar-refractivity contribution in [2.45, 2.75) is 19.3 Å². The van der Waals surface area contributed by atoms with E-state index in [9.17, 15) is 0 Å². The average Bonchev–Trinajstić information content (AvgIpc) is 2.81. The van der Waals surface area contributed by atoms with Gasteiger partial charge in [-0.3, -0.25) is 0 Å². The van der Waals surface area contributed by atoms with Crippen LogP contribution in [0.4, 0.5) is 0 Å². The molecule has 0 aromatic heterocycles. The van der Waals surface area contributed by atoms with Crippen LogP contribution in [-0.2, 0) is 5.41 Å². The number of fused-ring (bicyclic) bond motifs is 7. The Morgan fingerprint density at radius 3 is 1.90 bits per heavy atom. The monoisotopic (exact) mass is 394 g/mol. The molecule has 0 aliphatic heterocycles. The number of rotatable bonds is 0. The van der Waals surface area contributed by atoms with Crippen LogP contribution in [0.25, 0.3) is 54.2 Å². The highest BCUT2D eigenvalue weighted by Crippen LogP contribution is 2.51. The molecular weight excluding hydrogens is 372 g/mol. The van der Waals surface area contributed by atoms with Crippen LogP contribution in [0, 0.1) is 0 Å². The molecule has 0 fully saturated rings. The van der Waals surface area contributed by atoms with E-state index in [4.69, 9.17) is 0 Å². The molecule has 0 saturated carbocycles. The molecule has 0 bridgehead atoms. The van der Waals surface area contributed by atoms with Gasteiger partial charge in [0, 0.05) is 5.41 Å². The standard InChI is InChI=1S/C31H22/c1-31(2)28-13-7-12-24-23-11-6-4-9-20(23)17-27(30(24)28)26-16-21-15-14-19-8-3-5-10-22(19)25(21)18-29(26)31/h3-18H,1-2H3. The van der Waals surface area contributed by atoms with Gasteiger partial charge in [0.1, 0.15) is 0 Å². The lowest BCUT2D eigenvalue weighted by atomic mass is 9.67. The summed E-state index contributed by atoms with van der Waals surface area (Å²) in [4.78, 5) is 0. The minimum absolute atomic E-state index is 0.0601. The zero-order valence-corrected chi connectivity index (χ0v) is 17.7. The molecule has 0 heterocycles. The third-order valence-corrected chi connectivity index (χ3v) is 7.40. The van der Waals surface area contributed by atoms with Crippen LogP contribution in [0.5, 0.6) is 0 Å². The van der Waals surface area contributed by atoms with Crippen LogP contribution in [0.2, 0.25) is 0 Å². The third kappa shape index (κ3) is 2.15. The number of hydrogen-bond acceptors (Lipinski definition) is 0. The van der Waals surface area contributed by atoms with Crippen molar-refractivity contribution in [2.24, 2.45) is 0 Å². The van der Waals surface area contributed by atoms with Crippen molar-refractivity contribution in [1.82, 2.24) is 0 Å². The highest BCUT2D eigenvalue weighted by molar-refractivity contribution is 6.18. The molecule has 0 radical (unpaired) electrons. The first-order valence-electron chi connectivity index (χ1n) is 11.0. The van der Waals surface area contributed by atoms with Crippen LogP contribution < -0.4 is 0 Å². The van der Waals surface area contributed by atoms with E-state index in [1.165, 1.54) is 65.3 Å². The van der Waals surface area contributed by atoms with Gasteiger partial charge in [-0.05, 0) is 83.5 Å². The summed E-state index contributed by atoms with van der Waals surface area (Å²) >= 11 is 0. The van der Waals surface area contributed by atoms with E-state index >= 15 is 0 Å². The predicted octanol–water partition coefficient (Wildman–Crippen LogP) is 8.61. The van der Waals surface area contributed by atoms with Crippen LogP contribution in [0.1, 0.15) is 25.0 Å². The van der Waals surface area contributed by atoms with Crippen molar-refractivity contribution in [2.75, 3.05) is 0 Å². The Bertz CT molecular complexity index is 1700. The van der Waals surface area contributed by atoms with E-state index in [1.54, 1.807) is 0 Å². The highest BCUT2D eigenvalue weighted by Gasteiger charge is 2.34. The van der Waals surface area contributed by atoms with E-state index in [0.29, 0.717) is 0 Å². The average molecular weight is 395 g/mol. The second-order valence-electron chi connectivity index (χ2n) is 9.40. The van der Waals surface area contributed by atoms with Crippen molar-refractivity contribution in [3.63, 3.8) is 0 Å². The van der Waals surface area contributed by atoms with Crippen molar-refractivity contribution in [3.8, 4) is 11.1 Å². The number of benzene rings is 6. The summed E-state index contributed by atoms with van der Waals surface area (Å²) in [6, 6.07) is 36.2. The van der Waals surface area contributed by atoms with Crippen LogP contribution in [0.15, 0.2) is 97.1 Å². The van der Waals surface area contributed by atoms with Gasteiger partial charge in [0.25, 0.3) is 0 Å². The lowest BCUT2D eigenvalue weighted by Crippen LogP contribution is -2.23. The Morgan fingerprint density at radius 2 is 1.06 bits per heavy atom. The second-order valence-corrected chi connectivity index (χ2v) is 9.40. The summed E-state index contributed by atoms with van der Waals surface area (Å²) in [6.45, 7) is 4.77. The normalized spacial score (nSPS) is 14.4. The maximum Gasteiger partial charge on any atom is 0.0159 e. The summed E-state index contributed by atoms with van der Waals surface area (Å²) in [6.07, 6.45) is 0. The summed E-state index contributed by atoms with van der Waals surface area (Å²) in [5, 5.41) is 10.7.